The van der Waals surface area contributed by atoms with Crippen molar-refractivity contribution in [2.45, 2.75) is 6.92 Å². The van der Waals surface area contributed by atoms with Gasteiger partial charge < -0.3 is 14.8 Å². The number of hydrogen-bond donors (Lipinski definition) is 3. The van der Waals surface area contributed by atoms with Crippen molar-refractivity contribution in [3.63, 3.8) is 0 Å². The second-order valence-corrected chi connectivity index (χ2v) is 4.66. The molecule has 2 heterocycles. The number of aryl methyl sites for hydroxylation is 1. The van der Waals surface area contributed by atoms with Crippen LogP contribution in [0.15, 0.2) is 24.4 Å². The number of nitrogens with zero attached hydrogens (tertiary/aromatic N) is 2. The number of carboxylic acids is 1. The van der Waals surface area contributed by atoms with E-state index < -0.39 is 5.97 Å². The monoisotopic (exact) mass is 271 g/mol. The lowest BCUT2D eigenvalue weighted by Crippen LogP contribution is -1.98. The molecule has 2 aromatic heterocycles. The first kappa shape index (κ1) is 12.3. The predicted octanol–water partition coefficient (Wildman–Crippen LogP) is 2.28. The molecular formula is C14H13N3O3. The molecule has 1 aromatic carbocycles. The summed E-state index contributed by atoms with van der Waals surface area (Å²) in [5.74, 6) is -0.874. The maximum Gasteiger partial charge on any atom is 0.339 e. The largest absolute Gasteiger partial charge is 0.506 e. The van der Waals surface area contributed by atoms with Crippen LogP contribution in [0.3, 0.4) is 0 Å². The van der Waals surface area contributed by atoms with Gasteiger partial charge in [-0.15, -0.1) is 0 Å². The molecule has 102 valence electrons. The fourth-order valence-electron chi connectivity index (χ4n) is 2.57. The van der Waals surface area contributed by atoms with Gasteiger partial charge in [0.05, 0.1) is 17.4 Å². The summed E-state index contributed by atoms with van der Waals surface area (Å²) in [6.45, 7) is 1.88. The molecule has 0 aliphatic carbocycles. The molecule has 0 aliphatic heterocycles. The van der Waals surface area contributed by atoms with E-state index in [9.17, 15) is 15.0 Å². The predicted molar refractivity (Wildman–Crippen MR) is 73.9 cm³/mol. The van der Waals surface area contributed by atoms with Crippen LogP contribution in [0.1, 0.15) is 16.1 Å². The second-order valence-electron chi connectivity index (χ2n) is 4.66. The summed E-state index contributed by atoms with van der Waals surface area (Å²) in [4.78, 5) is 11.3. The molecule has 0 saturated carbocycles. The average molecular weight is 271 g/mol. The summed E-state index contributed by atoms with van der Waals surface area (Å²) in [6, 6.07) is 5.19. The van der Waals surface area contributed by atoms with Crippen molar-refractivity contribution in [2.75, 3.05) is 0 Å². The van der Waals surface area contributed by atoms with E-state index in [1.54, 1.807) is 12.1 Å². The summed E-state index contributed by atoms with van der Waals surface area (Å²) in [5.41, 5.74) is 2.84. The molecule has 0 spiro atoms. The van der Waals surface area contributed by atoms with Gasteiger partial charge in [-0.3, -0.25) is 5.10 Å². The van der Waals surface area contributed by atoms with Gasteiger partial charge in [-0.1, -0.05) is 12.1 Å². The SMILES string of the molecule is Cc1c(-c2[nH]ncc2C(=O)O)c2cccc(O)c2n1C. The molecule has 0 saturated heterocycles. The second kappa shape index (κ2) is 4.12. The number of aromatic hydroxyl groups is 1. The third kappa shape index (κ3) is 1.51. The zero-order valence-corrected chi connectivity index (χ0v) is 11.0. The Morgan fingerprint density at radius 3 is 2.85 bits per heavy atom. The minimum absolute atomic E-state index is 0.115. The van der Waals surface area contributed by atoms with Crippen LogP contribution in [0.25, 0.3) is 22.2 Å². The van der Waals surface area contributed by atoms with Gasteiger partial charge in [0.15, 0.2) is 0 Å². The Hall–Kier alpha value is -2.76. The molecule has 6 heteroatoms. The van der Waals surface area contributed by atoms with Crippen molar-refractivity contribution < 1.29 is 15.0 Å². The molecule has 0 atom stereocenters. The van der Waals surface area contributed by atoms with Gasteiger partial charge in [0.2, 0.25) is 0 Å². The zero-order valence-electron chi connectivity index (χ0n) is 11.0. The quantitative estimate of drug-likeness (QED) is 0.666. The highest BCUT2D eigenvalue weighted by molar-refractivity contribution is 6.04. The molecule has 0 aliphatic rings. The van der Waals surface area contributed by atoms with Gasteiger partial charge in [-0.2, -0.15) is 5.10 Å². The molecule has 6 nitrogen and oxygen atoms in total. The number of nitrogens with one attached hydrogen (secondary N) is 1. The van der Waals surface area contributed by atoms with Crippen molar-refractivity contribution in [3.8, 4) is 17.0 Å². The van der Waals surface area contributed by atoms with Crippen molar-refractivity contribution in [2.24, 2.45) is 7.05 Å². The Morgan fingerprint density at radius 1 is 1.40 bits per heavy atom. The van der Waals surface area contributed by atoms with Gasteiger partial charge in [0.1, 0.15) is 11.3 Å². The lowest BCUT2D eigenvalue weighted by Gasteiger charge is -2.01. The topological polar surface area (TPSA) is 91.1 Å². The first-order valence-corrected chi connectivity index (χ1v) is 6.06. The Morgan fingerprint density at radius 2 is 2.15 bits per heavy atom. The maximum absolute atomic E-state index is 11.3. The van der Waals surface area contributed by atoms with Crippen LogP contribution in [-0.4, -0.2) is 30.9 Å². The molecule has 0 radical (unpaired) electrons. The number of H-pyrrole nitrogens is 1. The number of aromatic amines is 1. The number of para-hydroxylation sites is 1. The lowest BCUT2D eigenvalue weighted by atomic mass is 10.0. The van der Waals surface area contributed by atoms with Crippen molar-refractivity contribution in [1.29, 1.82) is 0 Å². The van der Waals surface area contributed by atoms with Crippen LogP contribution < -0.4 is 0 Å². The third-order valence-corrected chi connectivity index (χ3v) is 3.60. The van der Waals surface area contributed by atoms with Crippen LogP contribution in [-0.2, 0) is 7.05 Å². The molecule has 0 amide bonds. The fourth-order valence-corrected chi connectivity index (χ4v) is 2.57. The van der Waals surface area contributed by atoms with Crippen LogP contribution in [0, 0.1) is 6.92 Å². The van der Waals surface area contributed by atoms with E-state index in [1.807, 2.05) is 24.6 Å². The van der Waals surface area contributed by atoms with Crippen molar-refractivity contribution >= 4 is 16.9 Å². The molecule has 3 rings (SSSR count). The number of aromatic carboxylic acids is 1. The third-order valence-electron chi connectivity index (χ3n) is 3.60. The number of rotatable bonds is 2. The summed E-state index contributed by atoms with van der Waals surface area (Å²) in [6.07, 6.45) is 1.29. The van der Waals surface area contributed by atoms with E-state index in [-0.39, 0.29) is 11.3 Å². The summed E-state index contributed by atoms with van der Waals surface area (Å²) in [5, 5.41) is 26.6. The highest BCUT2D eigenvalue weighted by atomic mass is 16.4. The van der Waals surface area contributed by atoms with Gasteiger partial charge in [0.25, 0.3) is 0 Å². The molecule has 0 bridgehead atoms. The minimum Gasteiger partial charge on any atom is -0.506 e. The first-order chi connectivity index (χ1) is 9.52. The average Bonchev–Trinajstić information content (AvgIpc) is 2.95. The standard InChI is InChI=1S/C14H13N3O3/c1-7-11(12-9(14(19)20)6-15-16-12)8-4-3-5-10(18)13(8)17(7)2/h3-6,18H,1-2H3,(H,15,16)(H,19,20). The van der Waals surface area contributed by atoms with Gasteiger partial charge in [-0.25, -0.2) is 4.79 Å². The number of carboxylic acid groups (broad SMARTS) is 1. The number of phenols is 1. The molecule has 20 heavy (non-hydrogen) atoms. The van der Waals surface area contributed by atoms with Gasteiger partial charge >= 0.3 is 5.97 Å². The van der Waals surface area contributed by atoms with Gasteiger partial charge in [-0.05, 0) is 13.0 Å². The number of phenolic OH excluding ortho intramolecular Hbond substituents is 1. The van der Waals surface area contributed by atoms with E-state index in [0.29, 0.717) is 11.2 Å². The van der Waals surface area contributed by atoms with E-state index in [4.69, 9.17) is 0 Å². The first-order valence-electron chi connectivity index (χ1n) is 6.06. The number of carbonyl (C=O) groups is 1. The highest BCUT2D eigenvalue weighted by Gasteiger charge is 2.22. The van der Waals surface area contributed by atoms with E-state index in [1.165, 1.54) is 6.20 Å². The van der Waals surface area contributed by atoms with Crippen molar-refractivity contribution in [1.82, 2.24) is 14.8 Å². The van der Waals surface area contributed by atoms with E-state index in [2.05, 4.69) is 10.2 Å². The number of aromatic nitrogens is 3. The minimum atomic E-state index is -1.04. The fraction of sp³-hybridized carbons (Fsp3) is 0.143. The molecular weight excluding hydrogens is 258 g/mol. The Labute approximate surface area is 114 Å². The highest BCUT2D eigenvalue weighted by Crippen LogP contribution is 2.37. The Bertz CT molecular complexity index is 830. The van der Waals surface area contributed by atoms with Crippen LogP contribution in [0.5, 0.6) is 5.75 Å². The Balaban J connectivity index is 2.43. The Kier molecular flexibility index (Phi) is 2.53. The molecule has 0 fully saturated rings. The normalized spacial score (nSPS) is 11.1. The van der Waals surface area contributed by atoms with Gasteiger partial charge in [0, 0.05) is 23.7 Å². The van der Waals surface area contributed by atoms with Crippen molar-refractivity contribution in [3.05, 3.63) is 35.7 Å². The zero-order chi connectivity index (χ0) is 14.4. The van der Waals surface area contributed by atoms with E-state index in [0.717, 1.165) is 16.6 Å². The smallest absolute Gasteiger partial charge is 0.339 e. The molecule has 3 aromatic rings. The number of benzene rings is 1. The van der Waals surface area contributed by atoms with Crippen LogP contribution in [0.4, 0.5) is 0 Å². The lowest BCUT2D eigenvalue weighted by molar-refractivity contribution is 0.0698. The summed E-state index contributed by atoms with van der Waals surface area (Å²) < 4.78 is 1.84. The number of fused-ring (bicyclic) bond motifs is 1. The maximum atomic E-state index is 11.3. The summed E-state index contributed by atoms with van der Waals surface area (Å²) in [7, 11) is 1.83. The van der Waals surface area contributed by atoms with E-state index >= 15 is 0 Å². The van der Waals surface area contributed by atoms with Crippen LogP contribution in [0.2, 0.25) is 0 Å². The summed E-state index contributed by atoms with van der Waals surface area (Å²) >= 11 is 0. The van der Waals surface area contributed by atoms with Crippen LogP contribution >= 0.6 is 0 Å². The molecule has 0 unspecified atom stereocenters. The number of hydrogen-bond acceptors (Lipinski definition) is 3. The molecule has 3 N–H and O–H groups in total.